The van der Waals surface area contributed by atoms with E-state index in [2.05, 4.69) is 58.3 Å². The van der Waals surface area contributed by atoms with Gasteiger partial charge in [-0.15, -0.1) is 21.5 Å². The van der Waals surface area contributed by atoms with Gasteiger partial charge in [0.25, 0.3) is 0 Å². The maximum absolute atomic E-state index is 13.0. The molecule has 0 aliphatic carbocycles. The van der Waals surface area contributed by atoms with Gasteiger partial charge in [0.05, 0.1) is 17.5 Å². The van der Waals surface area contributed by atoms with Crippen LogP contribution in [0.25, 0.3) is 17.1 Å². The molecule has 0 amide bonds. The Morgan fingerprint density at radius 2 is 1.94 bits per heavy atom. The summed E-state index contributed by atoms with van der Waals surface area (Å²) in [7, 11) is 0. The molecule has 0 radical (unpaired) electrons. The molecule has 1 atom stereocenters. The molecule has 172 valence electrons. The smallest absolute Gasteiger partial charge is 0.196 e. The van der Waals surface area contributed by atoms with Crippen molar-refractivity contribution in [1.82, 2.24) is 24.7 Å². The first-order valence-corrected chi connectivity index (χ1v) is 12.9. The minimum atomic E-state index is -0.880. The molecule has 0 saturated heterocycles. The van der Waals surface area contributed by atoms with E-state index >= 15 is 0 Å². The first-order chi connectivity index (χ1) is 16.6. The zero-order chi connectivity index (χ0) is 24.1. The van der Waals surface area contributed by atoms with Gasteiger partial charge in [0.15, 0.2) is 22.7 Å². The van der Waals surface area contributed by atoms with E-state index < -0.39 is 5.92 Å². The average molecular weight is 489 g/mol. The fraction of sp³-hybridized carbons (Fsp3) is 0.280. The van der Waals surface area contributed by atoms with Crippen molar-refractivity contribution < 1.29 is 4.79 Å². The summed E-state index contributed by atoms with van der Waals surface area (Å²) in [6.45, 7) is 6.10. The molecule has 9 heteroatoms. The maximum Gasteiger partial charge on any atom is 0.196 e. The number of pyridine rings is 1. The first kappa shape index (κ1) is 23.8. The molecule has 3 heterocycles. The summed E-state index contributed by atoms with van der Waals surface area (Å²) in [6.07, 6.45) is 5.17. The summed E-state index contributed by atoms with van der Waals surface area (Å²) < 4.78 is 2.03. The third kappa shape index (κ3) is 4.79. The van der Waals surface area contributed by atoms with Crippen LogP contribution in [-0.4, -0.2) is 36.3 Å². The standard InChI is InChI=1S/C25H24N6OS2/c1-4-17-8-6-9-18(5-2)22(17)31-23(19-10-7-11-27-13-19)29-30-25(31)34-15-21(32)20(12-26)24-28-16(3)14-33-24/h6-11,13-14,20H,4-5,15H2,1-3H3/t20-/m0/s1. The number of ketones is 1. The fourth-order valence-electron chi connectivity index (χ4n) is 3.74. The monoisotopic (exact) mass is 488 g/mol. The summed E-state index contributed by atoms with van der Waals surface area (Å²) in [5.41, 5.74) is 5.04. The Balaban J connectivity index is 1.74. The largest absolute Gasteiger partial charge is 0.297 e. The fourth-order valence-corrected chi connectivity index (χ4v) is 5.44. The number of thioether (sulfide) groups is 1. The molecule has 34 heavy (non-hydrogen) atoms. The van der Waals surface area contributed by atoms with Gasteiger partial charge < -0.3 is 0 Å². The molecule has 7 nitrogen and oxygen atoms in total. The molecule has 0 unspecified atom stereocenters. The lowest BCUT2D eigenvalue weighted by molar-refractivity contribution is -0.116. The van der Waals surface area contributed by atoms with Gasteiger partial charge in [0, 0.05) is 29.0 Å². The number of thiazole rings is 1. The maximum atomic E-state index is 13.0. The average Bonchev–Trinajstić information content (AvgIpc) is 3.49. The van der Waals surface area contributed by atoms with Crippen LogP contribution in [0.4, 0.5) is 0 Å². The van der Waals surface area contributed by atoms with Crippen molar-refractivity contribution in [3.05, 3.63) is 69.9 Å². The molecule has 0 spiro atoms. The number of carbonyl (C=O) groups excluding carboxylic acids is 1. The van der Waals surface area contributed by atoms with E-state index in [0.29, 0.717) is 16.0 Å². The quantitative estimate of drug-likeness (QED) is 0.299. The van der Waals surface area contributed by atoms with E-state index in [0.717, 1.165) is 29.8 Å². The van der Waals surface area contributed by atoms with Gasteiger partial charge in [-0.05, 0) is 43.0 Å². The highest BCUT2D eigenvalue weighted by atomic mass is 32.2. The molecule has 0 fully saturated rings. The number of nitrogens with zero attached hydrogens (tertiary/aromatic N) is 6. The number of hydrogen-bond acceptors (Lipinski definition) is 8. The van der Waals surface area contributed by atoms with Gasteiger partial charge in [-0.1, -0.05) is 43.8 Å². The Hall–Kier alpha value is -3.35. The second-order valence-corrected chi connectivity index (χ2v) is 9.49. The molecule has 0 N–H and O–H groups in total. The molecule has 0 aliphatic rings. The Bertz CT molecular complexity index is 1320. The summed E-state index contributed by atoms with van der Waals surface area (Å²) in [5, 5.41) is 21.6. The minimum Gasteiger partial charge on any atom is -0.297 e. The lowest BCUT2D eigenvalue weighted by Gasteiger charge is -2.18. The van der Waals surface area contributed by atoms with Crippen molar-refractivity contribution in [2.75, 3.05) is 5.75 Å². The molecule has 3 aromatic heterocycles. The van der Waals surface area contributed by atoms with Crippen LogP contribution in [0.15, 0.2) is 53.3 Å². The van der Waals surface area contributed by atoms with E-state index in [-0.39, 0.29) is 11.5 Å². The Kier molecular flexibility index (Phi) is 7.50. The van der Waals surface area contributed by atoms with Crippen molar-refractivity contribution in [2.45, 2.75) is 44.7 Å². The van der Waals surface area contributed by atoms with Crippen LogP contribution in [0.5, 0.6) is 0 Å². The van der Waals surface area contributed by atoms with Crippen LogP contribution in [0.1, 0.15) is 41.6 Å². The van der Waals surface area contributed by atoms with Crippen molar-refractivity contribution in [2.24, 2.45) is 0 Å². The molecule has 4 aromatic rings. The van der Waals surface area contributed by atoms with E-state index in [1.54, 1.807) is 12.4 Å². The Morgan fingerprint density at radius 1 is 1.18 bits per heavy atom. The molecule has 0 aliphatic heterocycles. The van der Waals surface area contributed by atoms with Crippen LogP contribution in [0, 0.1) is 18.3 Å². The third-order valence-electron chi connectivity index (χ3n) is 5.42. The lowest BCUT2D eigenvalue weighted by atomic mass is 10.0. The highest BCUT2D eigenvalue weighted by molar-refractivity contribution is 7.99. The van der Waals surface area contributed by atoms with Crippen LogP contribution in [0.3, 0.4) is 0 Å². The normalized spacial score (nSPS) is 11.8. The van der Waals surface area contributed by atoms with E-state index in [4.69, 9.17) is 0 Å². The summed E-state index contributed by atoms with van der Waals surface area (Å²) in [5.74, 6) is -0.308. The van der Waals surface area contributed by atoms with Gasteiger partial charge >= 0.3 is 0 Å². The molecule has 0 bridgehead atoms. The SMILES string of the molecule is CCc1cccc(CC)c1-n1c(SCC(=O)[C@H](C#N)c2nc(C)cs2)nnc1-c1cccnc1. The van der Waals surface area contributed by atoms with Crippen molar-refractivity contribution in [3.8, 4) is 23.1 Å². The Morgan fingerprint density at radius 3 is 2.53 bits per heavy atom. The lowest BCUT2D eigenvalue weighted by Crippen LogP contribution is -2.14. The molecular formula is C25H24N6OS2. The van der Waals surface area contributed by atoms with Crippen molar-refractivity contribution in [3.63, 3.8) is 0 Å². The zero-order valence-corrected chi connectivity index (χ0v) is 20.9. The molecule has 1 aromatic carbocycles. The van der Waals surface area contributed by atoms with Crippen LogP contribution in [0.2, 0.25) is 0 Å². The highest BCUT2D eigenvalue weighted by Crippen LogP contribution is 2.33. The number of aromatic nitrogens is 5. The highest BCUT2D eigenvalue weighted by Gasteiger charge is 2.26. The van der Waals surface area contributed by atoms with Crippen LogP contribution in [-0.2, 0) is 17.6 Å². The van der Waals surface area contributed by atoms with Gasteiger partial charge in [0.2, 0.25) is 0 Å². The number of para-hydroxylation sites is 1. The van der Waals surface area contributed by atoms with E-state index in [9.17, 15) is 10.1 Å². The van der Waals surface area contributed by atoms with Gasteiger partial charge in [-0.25, -0.2) is 4.98 Å². The van der Waals surface area contributed by atoms with E-state index in [1.807, 2.05) is 29.0 Å². The van der Waals surface area contributed by atoms with Crippen molar-refractivity contribution in [1.29, 1.82) is 5.26 Å². The number of nitriles is 1. The second kappa shape index (κ2) is 10.7. The predicted molar refractivity (Wildman–Crippen MR) is 134 cm³/mol. The Labute approximate surface area is 206 Å². The van der Waals surface area contributed by atoms with Crippen LogP contribution < -0.4 is 0 Å². The topological polar surface area (TPSA) is 97.3 Å². The molecular weight excluding hydrogens is 464 g/mol. The summed E-state index contributed by atoms with van der Waals surface area (Å²) in [6, 6.07) is 12.2. The number of Topliss-reactive ketones (excluding diaryl/α,β-unsaturated/α-hetero) is 1. The summed E-state index contributed by atoms with van der Waals surface area (Å²) in [4.78, 5) is 21.6. The second-order valence-electron chi connectivity index (χ2n) is 7.66. The summed E-state index contributed by atoms with van der Waals surface area (Å²) >= 11 is 2.63. The number of benzene rings is 1. The molecule has 0 saturated carbocycles. The number of aryl methyl sites for hydroxylation is 3. The minimum absolute atomic E-state index is 0.0950. The van der Waals surface area contributed by atoms with E-state index in [1.165, 1.54) is 34.2 Å². The third-order valence-corrected chi connectivity index (χ3v) is 7.40. The number of rotatable bonds is 9. The van der Waals surface area contributed by atoms with Gasteiger partial charge in [0.1, 0.15) is 5.01 Å². The van der Waals surface area contributed by atoms with Gasteiger partial charge in [-0.3, -0.25) is 14.3 Å². The number of carbonyl (C=O) groups is 1. The zero-order valence-electron chi connectivity index (χ0n) is 19.2. The van der Waals surface area contributed by atoms with Crippen LogP contribution >= 0.6 is 23.1 Å². The van der Waals surface area contributed by atoms with Gasteiger partial charge in [-0.2, -0.15) is 5.26 Å². The first-order valence-electron chi connectivity index (χ1n) is 11.0. The number of hydrogen-bond donors (Lipinski definition) is 0. The molecule has 4 rings (SSSR count). The predicted octanol–water partition coefficient (Wildman–Crippen LogP) is 5.19. The van der Waals surface area contributed by atoms with Crippen molar-refractivity contribution >= 4 is 28.9 Å².